The predicted molar refractivity (Wildman–Crippen MR) is 67.3 cm³/mol. The number of anilines is 1. The van der Waals surface area contributed by atoms with E-state index in [1.54, 1.807) is 6.92 Å². The fourth-order valence-corrected chi connectivity index (χ4v) is 2.97. The maximum Gasteiger partial charge on any atom is 0.321 e. The van der Waals surface area contributed by atoms with Gasteiger partial charge in [0.15, 0.2) is 0 Å². The first-order valence-corrected chi connectivity index (χ1v) is 6.89. The maximum absolute atomic E-state index is 13.1. The monoisotopic (exact) mass is 290 g/mol. The van der Waals surface area contributed by atoms with Gasteiger partial charge in [0.25, 0.3) is 0 Å². The summed E-state index contributed by atoms with van der Waals surface area (Å²) in [7, 11) is -2.89. The summed E-state index contributed by atoms with van der Waals surface area (Å²) < 4.78 is 42.9. The molecule has 1 rings (SSSR count). The molecule has 0 amide bonds. The van der Waals surface area contributed by atoms with Crippen LogP contribution in [-0.4, -0.2) is 38.9 Å². The van der Waals surface area contributed by atoms with E-state index in [1.807, 2.05) is 0 Å². The zero-order valence-corrected chi connectivity index (χ0v) is 11.4. The van der Waals surface area contributed by atoms with Gasteiger partial charge in [-0.3, -0.25) is 4.79 Å². The van der Waals surface area contributed by atoms with Crippen LogP contribution in [0.25, 0.3) is 0 Å². The fraction of sp³-hybridized carbons (Fsp3) is 0.364. The van der Waals surface area contributed by atoms with Gasteiger partial charge in [-0.1, -0.05) is 6.92 Å². The quantitative estimate of drug-likeness (QED) is 0.633. The molecule has 0 aromatic heterocycles. The minimum Gasteiger partial charge on any atom is -0.468 e. The predicted octanol–water partition coefficient (Wildman–Crippen LogP) is 0.592. The molecule has 1 aromatic carbocycles. The van der Waals surface area contributed by atoms with Crippen molar-refractivity contribution < 1.29 is 22.3 Å². The van der Waals surface area contributed by atoms with Crippen LogP contribution in [0.4, 0.5) is 10.1 Å². The highest BCUT2D eigenvalue weighted by molar-refractivity contribution is 7.89. The van der Waals surface area contributed by atoms with Crippen LogP contribution in [0.3, 0.4) is 0 Å². The molecule has 19 heavy (non-hydrogen) atoms. The van der Waals surface area contributed by atoms with Gasteiger partial charge in [0.05, 0.1) is 12.8 Å². The molecule has 106 valence electrons. The fourth-order valence-electron chi connectivity index (χ4n) is 1.45. The van der Waals surface area contributed by atoms with E-state index in [9.17, 15) is 17.6 Å². The molecule has 0 spiro atoms. The van der Waals surface area contributed by atoms with E-state index in [0.29, 0.717) is 0 Å². The Morgan fingerprint density at radius 2 is 2.11 bits per heavy atom. The van der Waals surface area contributed by atoms with Crippen LogP contribution in [0.15, 0.2) is 23.1 Å². The van der Waals surface area contributed by atoms with Crippen molar-refractivity contribution in [1.29, 1.82) is 0 Å². The number of hydrogen-bond donors (Lipinski definition) is 1. The maximum atomic E-state index is 13.1. The molecular formula is C11H15FN2O4S. The van der Waals surface area contributed by atoms with E-state index >= 15 is 0 Å². The van der Waals surface area contributed by atoms with Crippen LogP contribution < -0.4 is 5.73 Å². The lowest BCUT2D eigenvalue weighted by atomic mass is 10.3. The van der Waals surface area contributed by atoms with Crippen LogP contribution in [0.1, 0.15) is 6.92 Å². The Hall–Kier alpha value is -1.67. The normalized spacial score (nSPS) is 11.6. The van der Waals surface area contributed by atoms with E-state index < -0.39 is 28.4 Å². The Morgan fingerprint density at radius 3 is 2.63 bits per heavy atom. The highest BCUT2D eigenvalue weighted by Gasteiger charge is 2.27. The van der Waals surface area contributed by atoms with Gasteiger partial charge >= 0.3 is 5.97 Å². The molecule has 2 N–H and O–H groups in total. The van der Waals surface area contributed by atoms with Gasteiger partial charge in [-0.15, -0.1) is 0 Å². The number of carbonyl (C=O) groups excluding carboxylic acids is 1. The number of esters is 1. The Morgan fingerprint density at radius 1 is 1.47 bits per heavy atom. The Bertz CT molecular complexity index is 574. The number of halogens is 1. The molecule has 0 saturated heterocycles. The molecule has 0 atom stereocenters. The summed E-state index contributed by atoms with van der Waals surface area (Å²) in [5, 5.41) is 0. The molecular weight excluding hydrogens is 275 g/mol. The van der Waals surface area contributed by atoms with Crippen molar-refractivity contribution in [3.63, 3.8) is 0 Å². The van der Waals surface area contributed by atoms with E-state index in [0.717, 1.165) is 29.6 Å². The average Bonchev–Trinajstić information content (AvgIpc) is 2.37. The van der Waals surface area contributed by atoms with Gasteiger partial charge in [-0.05, 0) is 18.2 Å². The van der Waals surface area contributed by atoms with Gasteiger partial charge in [-0.25, -0.2) is 12.8 Å². The largest absolute Gasteiger partial charge is 0.468 e. The number of carbonyl (C=O) groups is 1. The van der Waals surface area contributed by atoms with E-state index in [1.165, 1.54) is 0 Å². The lowest BCUT2D eigenvalue weighted by Gasteiger charge is -2.20. The molecule has 0 aliphatic rings. The molecule has 8 heteroatoms. The smallest absolute Gasteiger partial charge is 0.321 e. The van der Waals surface area contributed by atoms with Crippen molar-refractivity contribution in [2.24, 2.45) is 0 Å². The molecule has 0 aliphatic carbocycles. The third kappa shape index (κ3) is 3.42. The Kier molecular flexibility index (Phi) is 4.84. The number of ether oxygens (including phenoxy) is 1. The zero-order chi connectivity index (χ0) is 14.6. The number of rotatable bonds is 5. The Labute approximate surface area is 111 Å². The second kappa shape index (κ2) is 5.98. The van der Waals surface area contributed by atoms with Crippen LogP contribution in [0, 0.1) is 5.82 Å². The number of hydrogen-bond acceptors (Lipinski definition) is 5. The number of nitrogens with zero attached hydrogens (tertiary/aromatic N) is 1. The molecule has 0 radical (unpaired) electrons. The van der Waals surface area contributed by atoms with Crippen molar-refractivity contribution >= 4 is 21.7 Å². The lowest BCUT2D eigenvalue weighted by Crippen LogP contribution is -2.36. The molecule has 0 heterocycles. The molecule has 0 bridgehead atoms. The third-order valence-corrected chi connectivity index (χ3v) is 4.46. The van der Waals surface area contributed by atoms with Gasteiger partial charge in [0.1, 0.15) is 17.3 Å². The topological polar surface area (TPSA) is 89.7 Å². The summed E-state index contributed by atoms with van der Waals surface area (Å²) in [5.74, 6) is -1.43. The van der Waals surface area contributed by atoms with Crippen molar-refractivity contribution in [2.75, 3.05) is 25.9 Å². The van der Waals surface area contributed by atoms with Crippen molar-refractivity contribution in [3.8, 4) is 0 Å². The summed E-state index contributed by atoms with van der Waals surface area (Å²) in [5.41, 5.74) is 5.46. The molecule has 0 fully saturated rings. The van der Waals surface area contributed by atoms with Crippen LogP contribution in [0.5, 0.6) is 0 Å². The van der Waals surface area contributed by atoms with E-state index in [2.05, 4.69) is 4.74 Å². The molecule has 1 aromatic rings. The highest BCUT2D eigenvalue weighted by atomic mass is 32.2. The number of nitrogen functional groups attached to an aromatic ring is 1. The minimum atomic E-state index is -4.04. The standard InChI is InChI=1S/C11H15FN2O4S/c1-3-14(7-11(15)18-2)19(16,17)10-6-8(12)4-5-9(10)13/h4-6H,3,7,13H2,1-2H3. The van der Waals surface area contributed by atoms with Crippen molar-refractivity contribution in [3.05, 3.63) is 24.0 Å². The number of benzene rings is 1. The van der Waals surface area contributed by atoms with Gasteiger partial charge in [0, 0.05) is 6.54 Å². The number of likely N-dealkylation sites (N-methyl/N-ethyl adjacent to an activating group) is 1. The molecule has 0 unspecified atom stereocenters. The lowest BCUT2D eigenvalue weighted by molar-refractivity contribution is -0.140. The summed E-state index contributed by atoms with van der Waals surface area (Å²) >= 11 is 0. The first-order chi connectivity index (χ1) is 8.82. The van der Waals surface area contributed by atoms with Gasteiger partial charge < -0.3 is 10.5 Å². The Balaban J connectivity index is 3.20. The molecule has 6 nitrogen and oxygen atoms in total. The summed E-state index contributed by atoms with van der Waals surface area (Å²) in [6.45, 7) is 1.13. The minimum absolute atomic E-state index is 0.0351. The zero-order valence-electron chi connectivity index (χ0n) is 10.6. The van der Waals surface area contributed by atoms with Gasteiger partial charge in [0.2, 0.25) is 10.0 Å². The summed E-state index contributed by atoms with van der Waals surface area (Å²) in [6, 6.07) is 3.05. The SMILES string of the molecule is CCN(CC(=O)OC)S(=O)(=O)c1cc(F)ccc1N. The highest BCUT2D eigenvalue weighted by Crippen LogP contribution is 2.23. The summed E-state index contributed by atoms with van der Waals surface area (Å²) in [6.07, 6.45) is 0. The molecule has 0 saturated carbocycles. The summed E-state index contributed by atoms with van der Waals surface area (Å²) in [4.78, 5) is 10.8. The van der Waals surface area contributed by atoms with Crippen LogP contribution in [0.2, 0.25) is 0 Å². The van der Waals surface area contributed by atoms with Gasteiger partial charge in [-0.2, -0.15) is 4.31 Å². The first kappa shape index (κ1) is 15.4. The number of methoxy groups -OCH3 is 1. The number of nitrogens with two attached hydrogens (primary N) is 1. The first-order valence-electron chi connectivity index (χ1n) is 5.45. The van der Waals surface area contributed by atoms with E-state index in [4.69, 9.17) is 5.73 Å². The second-order valence-electron chi connectivity index (χ2n) is 3.69. The van der Waals surface area contributed by atoms with Crippen molar-refractivity contribution in [2.45, 2.75) is 11.8 Å². The second-order valence-corrected chi connectivity index (χ2v) is 5.60. The van der Waals surface area contributed by atoms with E-state index in [-0.39, 0.29) is 17.1 Å². The third-order valence-electron chi connectivity index (χ3n) is 2.48. The van der Waals surface area contributed by atoms with Crippen LogP contribution in [-0.2, 0) is 19.6 Å². The van der Waals surface area contributed by atoms with Crippen molar-refractivity contribution in [1.82, 2.24) is 4.31 Å². The molecule has 0 aliphatic heterocycles. The average molecular weight is 290 g/mol. The number of sulfonamides is 1. The van der Waals surface area contributed by atoms with Crippen LogP contribution >= 0.6 is 0 Å².